The predicted molar refractivity (Wildman–Crippen MR) is 135 cm³/mol. The molecule has 0 fully saturated rings. The number of hydrogen-bond donors (Lipinski definition) is 1. The summed E-state index contributed by atoms with van der Waals surface area (Å²) in [6, 6.07) is 22.4. The summed E-state index contributed by atoms with van der Waals surface area (Å²) < 4.78 is 11.1. The topological polar surface area (TPSA) is 56.3 Å². The van der Waals surface area contributed by atoms with Crippen LogP contribution in [0.3, 0.4) is 0 Å². The number of nitrogens with zero attached hydrogens (tertiary/aromatic N) is 2. The van der Waals surface area contributed by atoms with Gasteiger partial charge in [-0.2, -0.15) is 0 Å². The highest BCUT2D eigenvalue weighted by Gasteiger charge is 2.16. The van der Waals surface area contributed by atoms with Gasteiger partial charge in [-0.15, -0.1) is 17.0 Å². The molecule has 3 aromatic carbocycles. The number of fused-ring (bicyclic) bond motifs is 1. The van der Waals surface area contributed by atoms with Crippen molar-refractivity contribution >= 4 is 28.0 Å². The molecule has 32 heavy (non-hydrogen) atoms. The molecular weight excluding hydrogens is 466 g/mol. The molecule has 0 bridgehead atoms. The van der Waals surface area contributed by atoms with Gasteiger partial charge in [0.1, 0.15) is 0 Å². The smallest absolute Gasteiger partial charge is 0.161 e. The highest BCUT2D eigenvalue weighted by atomic mass is 79.9. The number of likely N-dealkylation sites (N-methyl/N-ethyl adjacent to an activating group) is 1. The fourth-order valence-electron chi connectivity index (χ4n) is 3.79. The molecule has 0 saturated carbocycles. The van der Waals surface area contributed by atoms with Gasteiger partial charge in [0.05, 0.1) is 36.6 Å². The highest BCUT2D eigenvalue weighted by molar-refractivity contribution is 8.93. The van der Waals surface area contributed by atoms with E-state index in [2.05, 4.69) is 29.6 Å². The minimum Gasteiger partial charge on any atom is -0.493 e. The van der Waals surface area contributed by atoms with Crippen molar-refractivity contribution in [2.75, 3.05) is 27.8 Å². The molecule has 5 nitrogen and oxygen atoms in total. The maximum absolute atomic E-state index is 5.58. The molecule has 1 N–H and O–H groups in total. The van der Waals surface area contributed by atoms with Gasteiger partial charge in [-0.05, 0) is 55.4 Å². The first-order chi connectivity index (χ1) is 15.2. The van der Waals surface area contributed by atoms with Crippen molar-refractivity contribution in [3.8, 4) is 22.8 Å². The Hall–Kier alpha value is -2.96. The van der Waals surface area contributed by atoms with Gasteiger partial charge in [0.15, 0.2) is 11.5 Å². The third kappa shape index (κ3) is 5.09. The lowest BCUT2D eigenvalue weighted by atomic mass is 9.96. The molecule has 0 unspecified atom stereocenters. The van der Waals surface area contributed by atoms with Gasteiger partial charge in [-0.3, -0.25) is 0 Å². The number of nitrogens with one attached hydrogen (secondary N) is 1. The molecule has 4 aromatic rings. The number of benzene rings is 3. The molecule has 0 saturated heterocycles. The number of ether oxygens (including phenoxy) is 2. The molecule has 1 heterocycles. The van der Waals surface area contributed by atoms with Crippen LogP contribution in [0.4, 0.5) is 0 Å². The maximum atomic E-state index is 5.58. The second-order valence-electron chi connectivity index (χ2n) is 7.38. The van der Waals surface area contributed by atoms with Gasteiger partial charge in [-0.25, -0.2) is 9.97 Å². The van der Waals surface area contributed by atoms with Crippen molar-refractivity contribution in [1.82, 2.24) is 15.3 Å². The Bertz CT molecular complexity index is 1180. The van der Waals surface area contributed by atoms with Crippen LogP contribution >= 0.6 is 17.0 Å². The lowest BCUT2D eigenvalue weighted by molar-refractivity contribution is 0.354. The Kier molecular flexibility index (Phi) is 8.20. The first-order valence-electron chi connectivity index (χ1n) is 10.4. The molecule has 0 amide bonds. The zero-order valence-electron chi connectivity index (χ0n) is 18.6. The predicted octanol–water partition coefficient (Wildman–Crippen LogP) is 5.24. The SMILES string of the molecule is Br.CNCCc1cc(OC)c(OC)cc1Cc1nc2ccccc2nc1-c1ccccc1. The van der Waals surface area contributed by atoms with Crippen LogP contribution in [-0.2, 0) is 12.8 Å². The third-order valence-corrected chi connectivity index (χ3v) is 5.40. The summed E-state index contributed by atoms with van der Waals surface area (Å²) in [5.41, 5.74) is 7.09. The van der Waals surface area contributed by atoms with Crippen LogP contribution in [0.5, 0.6) is 11.5 Å². The van der Waals surface area contributed by atoms with Crippen molar-refractivity contribution in [3.63, 3.8) is 0 Å². The fraction of sp³-hybridized carbons (Fsp3) is 0.231. The number of para-hydroxylation sites is 2. The van der Waals surface area contributed by atoms with E-state index in [1.54, 1.807) is 14.2 Å². The first-order valence-corrected chi connectivity index (χ1v) is 10.4. The van der Waals surface area contributed by atoms with Crippen molar-refractivity contribution in [2.24, 2.45) is 0 Å². The molecule has 0 spiro atoms. The summed E-state index contributed by atoms with van der Waals surface area (Å²) in [6.07, 6.45) is 1.54. The van der Waals surface area contributed by atoms with Gasteiger partial charge in [0, 0.05) is 12.0 Å². The van der Waals surface area contributed by atoms with Gasteiger partial charge in [0.2, 0.25) is 0 Å². The minimum atomic E-state index is 0. The minimum absolute atomic E-state index is 0. The molecule has 6 heteroatoms. The van der Waals surface area contributed by atoms with E-state index in [1.807, 2.05) is 49.5 Å². The summed E-state index contributed by atoms with van der Waals surface area (Å²) in [5.74, 6) is 1.46. The van der Waals surface area contributed by atoms with Gasteiger partial charge in [-0.1, -0.05) is 42.5 Å². The van der Waals surface area contributed by atoms with E-state index in [1.165, 1.54) is 5.56 Å². The first kappa shape index (κ1) is 23.7. The van der Waals surface area contributed by atoms with E-state index in [4.69, 9.17) is 19.4 Å². The molecule has 0 radical (unpaired) electrons. The average molecular weight is 494 g/mol. The summed E-state index contributed by atoms with van der Waals surface area (Å²) in [6.45, 7) is 0.872. The number of hydrogen-bond acceptors (Lipinski definition) is 5. The molecule has 0 aliphatic heterocycles. The second kappa shape index (κ2) is 11.1. The zero-order valence-corrected chi connectivity index (χ0v) is 20.3. The summed E-state index contributed by atoms with van der Waals surface area (Å²) in [7, 11) is 5.30. The molecule has 0 atom stereocenters. The van der Waals surface area contributed by atoms with Gasteiger partial charge >= 0.3 is 0 Å². The second-order valence-corrected chi connectivity index (χ2v) is 7.38. The highest BCUT2D eigenvalue weighted by Crippen LogP contribution is 2.33. The monoisotopic (exact) mass is 493 g/mol. The quantitative estimate of drug-likeness (QED) is 0.363. The van der Waals surface area contributed by atoms with Crippen molar-refractivity contribution in [2.45, 2.75) is 12.8 Å². The number of methoxy groups -OCH3 is 2. The van der Waals surface area contributed by atoms with Crippen LogP contribution in [0.2, 0.25) is 0 Å². The van der Waals surface area contributed by atoms with E-state index >= 15 is 0 Å². The molecule has 1 aromatic heterocycles. The standard InChI is InChI=1S/C26H27N3O2.BrH/c1-27-14-13-19-16-24(30-2)25(31-3)17-20(19)15-23-26(18-9-5-4-6-10-18)29-22-12-8-7-11-21(22)28-23;/h4-12,16-17,27H,13-15H2,1-3H3;1H. The van der Waals surface area contributed by atoms with E-state index in [0.717, 1.165) is 58.0 Å². The summed E-state index contributed by atoms with van der Waals surface area (Å²) >= 11 is 0. The van der Waals surface area contributed by atoms with Crippen molar-refractivity contribution in [3.05, 3.63) is 83.6 Å². The Labute approximate surface area is 199 Å². The Morgan fingerprint density at radius 1 is 0.781 bits per heavy atom. The van der Waals surface area contributed by atoms with E-state index in [0.29, 0.717) is 6.42 Å². The van der Waals surface area contributed by atoms with Gasteiger partial charge in [0.25, 0.3) is 0 Å². The molecule has 0 aliphatic rings. The molecule has 166 valence electrons. The zero-order chi connectivity index (χ0) is 21.6. The largest absolute Gasteiger partial charge is 0.493 e. The summed E-state index contributed by atoms with van der Waals surface area (Å²) in [4.78, 5) is 10.00. The normalized spacial score (nSPS) is 10.6. The Balaban J connectivity index is 0.00000289. The molecular formula is C26H28BrN3O2. The van der Waals surface area contributed by atoms with E-state index in [-0.39, 0.29) is 17.0 Å². The van der Waals surface area contributed by atoms with E-state index < -0.39 is 0 Å². The molecule has 4 rings (SSSR count). The van der Waals surface area contributed by atoms with E-state index in [9.17, 15) is 0 Å². The summed E-state index contributed by atoms with van der Waals surface area (Å²) in [5, 5.41) is 3.23. The molecule has 0 aliphatic carbocycles. The van der Waals surface area contributed by atoms with Crippen LogP contribution in [0, 0.1) is 0 Å². The lowest BCUT2D eigenvalue weighted by Crippen LogP contribution is -2.12. The number of aromatic nitrogens is 2. The average Bonchev–Trinajstić information content (AvgIpc) is 2.83. The number of halogens is 1. The fourth-order valence-corrected chi connectivity index (χ4v) is 3.79. The van der Waals surface area contributed by atoms with Crippen LogP contribution in [-0.4, -0.2) is 37.8 Å². The number of rotatable bonds is 8. The van der Waals surface area contributed by atoms with Crippen LogP contribution in [0.25, 0.3) is 22.3 Å². The van der Waals surface area contributed by atoms with Crippen molar-refractivity contribution in [1.29, 1.82) is 0 Å². The lowest BCUT2D eigenvalue weighted by Gasteiger charge is -2.16. The van der Waals surface area contributed by atoms with Gasteiger partial charge < -0.3 is 14.8 Å². The van der Waals surface area contributed by atoms with Crippen LogP contribution in [0.15, 0.2) is 66.7 Å². The van der Waals surface area contributed by atoms with Crippen LogP contribution < -0.4 is 14.8 Å². The Morgan fingerprint density at radius 2 is 1.38 bits per heavy atom. The third-order valence-electron chi connectivity index (χ3n) is 5.40. The van der Waals surface area contributed by atoms with Crippen LogP contribution in [0.1, 0.15) is 16.8 Å². The Morgan fingerprint density at radius 3 is 2.00 bits per heavy atom. The maximum Gasteiger partial charge on any atom is 0.161 e. The van der Waals surface area contributed by atoms with Crippen molar-refractivity contribution < 1.29 is 9.47 Å².